The minimum atomic E-state index is -4.48. The number of anilines is 1. The second-order valence-corrected chi connectivity index (χ2v) is 4.48. The van der Waals surface area contributed by atoms with E-state index in [0.717, 1.165) is 17.0 Å². The van der Waals surface area contributed by atoms with Gasteiger partial charge in [0.2, 0.25) is 11.8 Å². The number of carbonyl (C=O) groups is 2. The largest absolute Gasteiger partial charge is 0.416 e. The molecule has 0 aromatic heterocycles. The number of hydrogen-bond donors (Lipinski definition) is 0. The van der Waals surface area contributed by atoms with Crippen LogP contribution in [0.2, 0.25) is 0 Å². The fourth-order valence-corrected chi connectivity index (χ4v) is 2.02. The minimum absolute atomic E-state index is 0.131. The first-order valence-corrected chi connectivity index (χ1v) is 6.02. The lowest BCUT2D eigenvalue weighted by molar-refractivity contribution is -0.144. The first kappa shape index (κ1) is 14.9. The van der Waals surface area contributed by atoms with Crippen molar-refractivity contribution in [3.05, 3.63) is 29.8 Å². The van der Waals surface area contributed by atoms with E-state index in [9.17, 15) is 22.8 Å². The monoisotopic (exact) mass is 296 g/mol. The summed E-state index contributed by atoms with van der Waals surface area (Å²) in [5.74, 6) is 1.15. The number of carbonyl (C=O) groups excluding carboxylic acids is 2. The van der Waals surface area contributed by atoms with Crippen molar-refractivity contribution in [1.29, 1.82) is 0 Å². The molecule has 7 heteroatoms. The zero-order valence-corrected chi connectivity index (χ0v) is 10.9. The summed E-state index contributed by atoms with van der Waals surface area (Å²) in [5.41, 5.74) is -0.655. The fourth-order valence-electron chi connectivity index (χ4n) is 2.02. The van der Waals surface area contributed by atoms with Gasteiger partial charge < -0.3 is 4.90 Å². The van der Waals surface area contributed by atoms with E-state index in [2.05, 4.69) is 5.92 Å². The van der Waals surface area contributed by atoms with Gasteiger partial charge in [-0.1, -0.05) is 12.0 Å². The number of piperazine rings is 1. The number of imide groups is 1. The number of alkyl halides is 3. The van der Waals surface area contributed by atoms with E-state index in [0.29, 0.717) is 0 Å². The van der Waals surface area contributed by atoms with E-state index >= 15 is 0 Å². The van der Waals surface area contributed by atoms with Crippen LogP contribution >= 0.6 is 0 Å². The Labute approximate surface area is 119 Å². The fraction of sp³-hybridized carbons (Fsp3) is 0.286. The number of hydrogen-bond acceptors (Lipinski definition) is 3. The van der Waals surface area contributed by atoms with E-state index in [4.69, 9.17) is 6.42 Å². The summed E-state index contributed by atoms with van der Waals surface area (Å²) < 4.78 is 38.0. The standard InChI is InChI=1S/C14H11F3N2O2/c1-2-6-19-12(20)8-18(9-13(19)21)11-5-3-4-10(7-11)14(15,16)17/h1,3-5,7H,6,8-9H2. The molecule has 0 unspecified atom stereocenters. The lowest BCUT2D eigenvalue weighted by atomic mass is 10.1. The van der Waals surface area contributed by atoms with Crippen molar-refractivity contribution in [2.24, 2.45) is 0 Å². The third-order valence-electron chi connectivity index (χ3n) is 3.04. The number of amides is 2. The summed E-state index contributed by atoms with van der Waals surface area (Å²) in [4.78, 5) is 25.8. The Morgan fingerprint density at radius 1 is 1.19 bits per heavy atom. The van der Waals surface area contributed by atoms with Gasteiger partial charge in [0.05, 0.1) is 25.2 Å². The molecule has 1 aromatic rings. The van der Waals surface area contributed by atoms with Crippen molar-refractivity contribution in [2.45, 2.75) is 6.18 Å². The second kappa shape index (κ2) is 5.48. The van der Waals surface area contributed by atoms with Gasteiger partial charge in [0, 0.05) is 5.69 Å². The number of halogens is 3. The summed E-state index contributed by atoms with van der Waals surface area (Å²) in [6.07, 6.45) is 0.586. The van der Waals surface area contributed by atoms with Crippen molar-refractivity contribution < 1.29 is 22.8 Å². The highest BCUT2D eigenvalue weighted by Gasteiger charge is 2.33. The number of terminal acetylenes is 1. The first-order chi connectivity index (χ1) is 9.82. The second-order valence-electron chi connectivity index (χ2n) is 4.48. The normalized spacial score (nSPS) is 16.1. The highest BCUT2D eigenvalue weighted by atomic mass is 19.4. The van der Waals surface area contributed by atoms with E-state index < -0.39 is 23.6 Å². The van der Waals surface area contributed by atoms with Crippen LogP contribution in [-0.2, 0) is 15.8 Å². The molecule has 21 heavy (non-hydrogen) atoms. The van der Waals surface area contributed by atoms with Gasteiger partial charge in [0.1, 0.15) is 0 Å². The molecule has 110 valence electrons. The third kappa shape index (κ3) is 3.16. The summed E-state index contributed by atoms with van der Waals surface area (Å²) in [7, 11) is 0. The number of benzene rings is 1. The molecule has 0 aliphatic carbocycles. The molecule has 1 saturated heterocycles. The van der Waals surface area contributed by atoms with Crippen LogP contribution in [0.25, 0.3) is 0 Å². The van der Waals surface area contributed by atoms with Crippen LogP contribution in [0.4, 0.5) is 18.9 Å². The van der Waals surface area contributed by atoms with Crippen molar-refractivity contribution in [1.82, 2.24) is 4.90 Å². The minimum Gasteiger partial charge on any atom is -0.353 e. The molecule has 2 rings (SSSR count). The van der Waals surface area contributed by atoms with Gasteiger partial charge in [-0.05, 0) is 18.2 Å². The van der Waals surface area contributed by atoms with E-state index in [1.807, 2.05) is 0 Å². The molecule has 4 nitrogen and oxygen atoms in total. The van der Waals surface area contributed by atoms with Crippen LogP contribution < -0.4 is 4.90 Å². The van der Waals surface area contributed by atoms with Gasteiger partial charge in [-0.3, -0.25) is 14.5 Å². The lowest BCUT2D eigenvalue weighted by Crippen LogP contribution is -2.54. The molecular formula is C14H11F3N2O2. The molecule has 1 fully saturated rings. The molecule has 0 bridgehead atoms. The molecule has 0 atom stereocenters. The molecule has 1 aliphatic rings. The Hall–Kier alpha value is -2.49. The van der Waals surface area contributed by atoms with Crippen molar-refractivity contribution in [2.75, 3.05) is 24.5 Å². The molecule has 0 N–H and O–H groups in total. The summed E-state index contributed by atoms with van der Waals surface area (Å²) in [5, 5.41) is 0. The van der Waals surface area contributed by atoms with Crippen LogP contribution in [0.3, 0.4) is 0 Å². The SMILES string of the molecule is C#CCN1C(=O)CN(c2cccc(C(F)(F)F)c2)CC1=O. The van der Waals surface area contributed by atoms with Crippen LogP contribution in [-0.4, -0.2) is 36.3 Å². The molecule has 2 amide bonds. The number of nitrogens with zero attached hydrogens (tertiary/aromatic N) is 2. The van der Waals surface area contributed by atoms with Crippen molar-refractivity contribution in [3.63, 3.8) is 0 Å². The Kier molecular flexibility index (Phi) is 3.89. The van der Waals surface area contributed by atoms with E-state index in [1.165, 1.54) is 17.0 Å². The van der Waals surface area contributed by atoms with Crippen LogP contribution in [0.1, 0.15) is 5.56 Å². The molecule has 0 spiro atoms. The molecule has 0 saturated carbocycles. The van der Waals surface area contributed by atoms with Gasteiger partial charge in [0.15, 0.2) is 0 Å². The number of rotatable bonds is 2. The quantitative estimate of drug-likeness (QED) is 0.613. The predicted molar refractivity (Wildman–Crippen MR) is 69.2 cm³/mol. The zero-order valence-electron chi connectivity index (χ0n) is 10.9. The molecular weight excluding hydrogens is 285 g/mol. The van der Waals surface area contributed by atoms with Gasteiger partial charge in [-0.25, -0.2) is 0 Å². The maximum atomic E-state index is 12.7. The van der Waals surface area contributed by atoms with Crippen LogP contribution in [0.15, 0.2) is 24.3 Å². The summed E-state index contributed by atoms with van der Waals surface area (Å²) >= 11 is 0. The summed E-state index contributed by atoms with van der Waals surface area (Å²) in [6, 6.07) is 4.51. The Balaban J connectivity index is 2.23. The topological polar surface area (TPSA) is 40.6 Å². The van der Waals surface area contributed by atoms with Crippen LogP contribution in [0, 0.1) is 12.3 Å². The maximum absolute atomic E-state index is 12.7. The van der Waals surface area contributed by atoms with Gasteiger partial charge in [0.25, 0.3) is 0 Å². The highest BCUT2D eigenvalue weighted by molar-refractivity contribution is 6.03. The smallest absolute Gasteiger partial charge is 0.353 e. The predicted octanol–water partition coefficient (Wildman–Crippen LogP) is 1.51. The highest BCUT2D eigenvalue weighted by Crippen LogP contribution is 2.31. The van der Waals surface area contributed by atoms with Crippen molar-refractivity contribution in [3.8, 4) is 12.3 Å². The van der Waals surface area contributed by atoms with E-state index in [-0.39, 0.29) is 25.3 Å². The molecule has 1 heterocycles. The van der Waals surface area contributed by atoms with Crippen molar-refractivity contribution >= 4 is 17.5 Å². The maximum Gasteiger partial charge on any atom is 0.416 e. The van der Waals surface area contributed by atoms with Gasteiger partial charge in [-0.2, -0.15) is 13.2 Å². The zero-order chi connectivity index (χ0) is 15.6. The Morgan fingerprint density at radius 3 is 2.33 bits per heavy atom. The first-order valence-electron chi connectivity index (χ1n) is 6.02. The molecule has 1 aromatic carbocycles. The molecule has 1 aliphatic heterocycles. The van der Waals surface area contributed by atoms with Gasteiger partial charge >= 0.3 is 6.18 Å². The van der Waals surface area contributed by atoms with Crippen LogP contribution in [0.5, 0.6) is 0 Å². The van der Waals surface area contributed by atoms with E-state index in [1.54, 1.807) is 0 Å². The summed E-state index contributed by atoms with van der Waals surface area (Å²) in [6.45, 7) is -0.502. The molecule has 0 radical (unpaired) electrons. The lowest BCUT2D eigenvalue weighted by Gasteiger charge is -2.33. The Morgan fingerprint density at radius 2 is 1.81 bits per heavy atom. The Bertz CT molecular complexity index is 601. The third-order valence-corrected chi connectivity index (χ3v) is 3.04. The average molecular weight is 296 g/mol. The van der Waals surface area contributed by atoms with Gasteiger partial charge in [-0.15, -0.1) is 6.42 Å². The average Bonchev–Trinajstić information content (AvgIpc) is 2.42.